The van der Waals surface area contributed by atoms with Crippen molar-refractivity contribution in [2.45, 2.75) is 6.61 Å². The number of nitrogens with one attached hydrogen (secondary N) is 1. The molecule has 10 heteroatoms. The zero-order chi connectivity index (χ0) is 24.7. The molecule has 0 aliphatic rings. The highest BCUT2D eigenvalue weighted by Crippen LogP contribution is 2.38. The van der Waals surface area contributed by atoms with Crippen LogP contribution in [0.2, 0.25) is 0 Å². The monoisotopic (exact) mass is 585 g/mol. The van der Waals surface area contributed by atoms with Gasteiger partial charge >= 0.3 is 0 Å². The molecule has 0 radical (unpaired) electrons. The van der Waals surface area contributed by atoms with E-state index < -0.39 is 10.8 Å². The van der Waals surface area contributed by atoms with Gasteiger partial charge in [0.15, 0.2) is 11.5 Å². The number of para-hydroxylation sites is 2. The van der Waals surface area contributed by atoms with Crippen LogP contribution in [0, 0.1) is 21.4 Å². The molecule has 0 bridgehead atoms. The van der Waals surface area contributed by atoms with E-state index in [2.05, 4.69) is 37.2 Å². The van der Waals surface area contributed by atoms with Gasteiger partial charge in [0.2, 0.25) is 0 Å². The number of carbonyl (C=O) groups excluding carboxylic acids is 1. The molecule has 172 valence electrons. The summed E-state index contributed by atoms with van der Waals surface area (Å²) in [6.07, 6.45) is 1.36. The Kier molecular flexibility index (Phi) is 8.40. The molecule has 0 atom stereocenters. The lowest BCUT2D eigenvalue weighted by molar-refractivity contribution is -0.383. The lowest BCUT2D eigenvalue weighted by Crippen LogP contribution is -2.14. The molecule has 0 fully saturated rings. The van der Waals surface area contributed by atoms with E-state index in [0.717, 1.165) is 10.0 Å². The molecule has 0 unspecified atom stereocenters. The normalized spacial score (nSPS) is 10.8. The molecule has 0 spiro atoms. The Morgan fingerprint density at radius 3 is 2.53 bits per heavy atom. The zero-order valence-electron chi connectivity index (χ0n) is 17.7. The van der Waals surface area contributed by atoms with E-state index >= 15 is 0 Å². The van der Waals surface area contributed by atoms with E-state index in [9.17, 15) is 20.2 Å². The molecule has 0 heterocycles. The van der Waals surface area contributed by atoms with Gasteiger partial charge in [-0.3, -0.25) is 14.9 Å². The summed E-state index contributed by atoms with van der Waals surface area (Å²) in [5.74, 6) is 0.0852. The molecule has 0 aliphatic heterocycles. The summed E-state index contributed by atoms with van der Waals surface area (Å²) in [7, 11) is 1.48. The van der Waals surface area contributed by atoms with E-state index in [-0.39, 0.29) is 16.9 Å². The highest BCUT2D eigenvalue weighted by Gasteiger charge is 2.18. The van der Waals surface area contributed by atoms with Gasteiger partial charge in [0, 0.05) is 10.5 Å². The van der Waals surface area contributed by atoms with Crippen molar-refractivity contribution < 1.29 is 19.2 Å². The van der Waals surface area contributed by atoms with E-state index in [0.29, 0.717) is 28.1 Å². The highest BCUT2D eigenvalue weighted by atomic mass is 79.9. The highest BCUT2D eigenvalue weighted by molar-refractivity contribution is 9.10. The molecular formula is C24H17Br2N3O5. The van der Waals surface area contributed by atoms with Crippen LogP contribution in [0.15, 0.2) is 75.2 Å². The van der Waals surface area contributed by atoms with Crippen LogP contribution in [-0.2, 0) is 11.4 Å². The van der Waals surface area contributed by atoms with Crippen LogP contribution in [0.4, 0.5) is 11.4 Å². The summed E-state index contributed by atoms with van der Waals surface area (Å²) in [6, 6.07) is 18.5. The van der Waals surface area contributed by atoms with Crippen LogP contribution in [0.1, 0.15) is 11.1 Å². The number of anilines is 1. The molecule has 3 aromatic carbocycles. The molecule has 0 aromatic heterocycles. The van der Waals surface area contributed by atoms with Crippen molar-refractivity contribution in [1.29, 1.82) is 5.26 Å². The number of methoxy groups -OCH3 is 1. The van der Waals surface area contributed by atoms with Crippen molar-refractivity contribution in [3.8, 4) is 17.6 Å². The van der Waals surface area contributed by atoms with E-state index in [1.165, 1.54) is 31.4 Å². The summed E-state index contributed by atoms with van der Waals surface area (Å²) in [4.78, 5) is 23.2. The van der Waals surface area contributed by atoms with Crippen molar-refractivity contribution >= 4 is 55.2 Å². The molecule has 3 aromatic rings. The molecule has 8 nitrogen and oxygen atoms in total. The quantitative estimate of drug-likeness (QED) is 0.144. The number of nitro benzene ring substituents is 1. The predicted octanol–water partition coefficient (Wildman–Crippen LogP) is 6.25. The van der Waals surface area contributed by atoms with Gasteiger partial charge in [0.05, 0.1) is 16.5 Å². The second-order valence-corrected chi connectivity index (χ2v) is 8.62. The number of nitro groups is 1. The third-order valence-electron chi connectivity index (χ3n) is 4.57. The van der Waals surface area contributed by atoms with Crippen molar-refractivity contribution in [3.63, 3.8) is 0 Å². The molecular weight excluding hydrogens is 570 g/mol. The second-order valence-electron chi connectivity index (χ2n) is 6.85. The number of nitrogens with zero attached hydrogens (tertiary/aromatic N) is 2. The first-order valence-corrected chi connectivity index (χ1v) is 11.3. The van der Waals surface area contributed by atoms with Gasteiger partial charge in [-0.15, -0.1) is 0 Å². The summed E-state index contributed by atoms with van der Waals surface area (Å²) < 4.78 is 12.9. The van der Waals surface area contributed by atoms with Crippen molar-refractivity contribution in [1.82, 2.24) is 0 Å². The minimum atomic E-state index is -0.776. The topological polar surface area (TPSA) is 114 Å². The Labute approximate surface area is 212 Å². The van der Waals surface area contributed by atoms with Crippen LogP contribution >= 0.6 is 31.9 Å². The molecule has 0 aliphatic carbocycles. The van der Waals surface area contributed by atoms with Gasteiger partial charge in [-0.25, -0.2) is 0 Å². The first kappa shape index (κ1) is 25.0. The molecule has 0 saturated carbocycles. The van der Waals surface area contributed by atoms with Crippen LogP contribution < -0.4 is 14.8 Å². The fourth-order valence-corrected chi connectivity index (χ4v) is 3.78. The fraction of sp³-hybridized carbons (Fsp3) is 0.0833. The van der Waals surface area contributed by atoms with Gasteiger partial charge in [0.25, 0.3) is 11.6 Å². The number of halogens is 2. The average molecular weight is 587 g/mol. The Morgan fingerprint density at radius 2 is 1.88 bits per heavy atom. The van der Waals surface area contributed by atoms with E-state index in [1.54, 1.807) is 18.2 Å². The summed E-state index contributed by atoms with van der Waals surface area (Å²) in [5, 5.41) is 23.1. The number of benzene rings is 3. The largest absolute Gasteiger partial charge is 0.493 e. The number of hydrogen-bond donors (Lipinski definition) is 1. The van der Waals surface area contributed by atoms with Gasteiger partial charge in [-0.2, -0.15) is 5.26 Å². The molecule has 0 saturated heterocycles. The Balaban J connectivity index is 1.84. The zero-order valence-corrected chi connectivity index (χ0v) is 20.9. The van der Waals surface area contributed by atoms with Crippen molar-refractivity contribution in [3.05, 3.63) is 96.4 Å². The van der Waals surface area contributed by atoms with E-state index in [4.69, 9.17) is 9.47 Å². The first-order chi connectivity index (χ1) is 16.3. The second kappa shape index (κ2) is 11.4. The average Bonchev–Trinajstić information content (AvgIpc) is 2.82. The number of hydrogen-bond acceptors (Lipinski definition) is 6. The summed E-state index contributed by atoms with van der Waals surface area (Å²) >= 11 is 6.84. The first-order valence-electron chi connectivity index (χ1n) is 9.73. The maximum atomic E-state index is 12.6. The Morgan fingerprint density at radius 1 is 1.18 bits per heavy atom. The van der Waals surface area contributed by atoms with Gasteiger partial charge in [-0.1, -0.05) is 40.2 Å². The smallest absolute Gasteiger partial charge is 0.292 e. The SMILES string of the molecule is COc1cc(/C=C(/C#N)C(=O)Nc2ccccc2[N+](=O)[O-])cc(Br)c1OCc1ccc(Br)cc1. The molecule has 1 amide bonds. The van der Waals surface area contributed by atoms with Gasteiger partial charge in [-0.05, 0) is 63.5 Å². The maximum Gasteiger partial charge on any atom is 0.292 e. The Bertz CT molecular complexity index is 1300. The number of ether oxygens (including phenoxy) is 2. The molecule has 34 heavy (non-hydrogen) atoms. The third kappa shape index (κ3) is 6.21. The van der Waals surface area contributed by atoms with Crippen LogP contribution in [0.25, 0.3) is 6.08 Å². The third-order valence-corrected chi connectivity index (χ3v) is 5.69. The minimum Gasteiger partial charge on any atom is -0.493 e. The standard InChI is InChI=1S/C24H17Br2N3O5/c1-33-22-12-16(11-19(26)23(22)34-14-15-6-8-18(25)9-7-15)10-17(13-27)24(30)28-20-4-2-3-5-21(20)29(31)32/h2-12H,14H2,1H3,(H,28,30)/b17-10-. The maximum absolute atomic E-state index is 12.6. The van der Waals surface area contributed by atoms with Gasteiger partial charge in [0.1, 0.15) is 23.9 Å². The van der Waals surface area contributed by atoms with E-state index in [1.807, 2.05) is 30.3 Å². The number of carbonyl (C=O) groups is 1. The predicted molar refractivity (Wildman–Crippen MR) is 134 cm³/mol. The lowest BCUT2D eigenvalue weighted by Gasteiger charge is -2.14. The lowest BCUT2D eigenvalue weighted by atomic mass is 10.1. The van der Waals surface area contributed by atoms with Crippen LogP contribution in [0.3, 0.4) is 0 Å². The fourth-order valence-electron chi connectivity index (χ4n) is 2.94. The number of rotatable bonds is 8. The van der Waals surface area contributed by atoms with Crippen LogP contribution in [-0.4, -0.2) is 17.9 Å². The van der Waals surface area contributed by atoms with Crippen LogP contribution in [0.5, 0.6) is 11.5 Å². The summed E-state index contributed by atoms with van der Waals surface area (Å²) in [5.41, 5.74) is 0.933. The number of amides is 1. The molecule has 1 N–H and O–H groups in total. The Hall–Kier alpha value is -3.68. The van der Waals surface area contributed by atoms with Crippen molar-refractivity contribution in [2.24, 2.45) is 0 Å². The number of nitriles is 1. The van der Waals surface area contributed by atoms with Gasteiger partial charge < -0.3 is 14.8 Å². The molecule has 3 rings (SSSR count). The summed E-state index contributed by atoms with van der Waals surface area (Å²) in [6.45, 7) is 0.305. The van der Waals surface area contributed by atoms with Crippen molar-refractivity contribution in [2.75, 3.05) is 12.4 Å². The minimum absolute atomic E-state index is 0.00546.